The SMILES string of the molecule is O=C(O)CC(c1c[nH]c2ccccc12)c1c[nH]c2ccccc12. The Morgan fingerprint density at radius 1 is 0.870 bits per heavy atom. The van der Waals surface area contributed by atoms with Gasteiger partial charge in [0.1, 0.15) is 0 Å². The minimum atomic E-state index is -0.800. The number of carboxylic acids is 1. The molecule has 4 heteroatoms. The number of hydrogen-bond acceptors (Lipinski definition) is 1. The zero-order valence-electron chi connectivity index (χ0n) is 12.4. The van der Waals surface area contributed by atoms with Gasteiger partial charge in [0.25, 0.3) is 0 Å². The van der Waals surface area contributed by atoms with Crippen LogP contribution in [0.4, 0.5) is 0 Å². The Bertz CT molecular complexity index is 923. The molecule has 0 bridgehead atoms. The van der Waals surface area contributed by atoms with E-state index in [1.807, 2.05) is 60.9 Å². The second-order valence-corrected chi connectivity index (χ2v) is 5.73. The van der Waals surface area contributed by atoms with Gasteiger partial charge in [0.05, 0.1) is 6.42 Å². The summed E-state index contributed by atoms with van der Waals surface area (Å²) in [6.07, 6.45) is 3.92. The quantitative estimate of drug-likeness (QED) is 0.527. The molecule has 0 saturated heterocycles. The van der Waals surface area contributed by atoms with Crippen molar-refractivity contribution in [1.29, 1.82) is 0 Å². The largest absolute Gasteiger partial charge is 0.481 e. The van der Waals surface area contributed by atoms with Crippen LogP contribution in [0, 0.1) is 0 Å². The van der Waals surface area contributed by atoms with Gasteiger partial charge < -0.3 is 15.1 Å². The van der Waals surface area contributed by atoms with E-state index in [0.717, 1.165) is 32.9 Å². The molecule has 23 heavy (non-hydrogen) atoms. The number of H-pyrrole nitrogens is 2. The monoisotopic (exact) mass is 304 g/mol. The van der Waals surface area contributed by atoms with Crippen molar-refractivity contribution in [3.8, 4) is 0 Å². The Hall–Kier alpha value is -3.01. The Labute approximate surface area is 132 Å². The van der Waals surface area contributed by atoms with Crippen LogP contribution in [0.1, 0.15) is 23.5 Å². The van der Waals surface area contributed by atoms with E-state index < -0.39 is 5.97 Å². The molecule has 3 N–H and O–H groups in total. The van der Waals surface area contributed by atoms with Crippen LogP contribution < -0.4 is 0 Å². The first kappa shape index (κ1) is 13.6. The molecule has 0 spiro atoms. The third-order valence-electron chi connectivity index (χ3n) is 4.37. The number of aromatic nitrogens is 2. The lowest BCUT2D eigenvalue weighted by Crippen LogP contribution is -2.07. The maximum absolute atomic E-state index is 11.5. The number of benzene rings is 2. The molecule has 2 aromatic carbocycles. The van der Waals surface area contributed by atoms with E-state index >= 15 is 0 Å². The zero-order chi connectivity index (χ0) is 15.8. The molecule has 0 amide bonds. The van der Waals surface area contributed by atoms with E-state index in [9.17, 15) is 9.90 Å². The normalized spacial score (nSPS) is 11.5. The molecule has 4 aromatic rings. The smallest absolute Gasteiger partial charge is 0.304 e. The highest BCUT2D eigenvalue weighted by Gasteiger charge is 2.23. The van der Waals surface area contributed by atoms with Crippen molar-refractivity contribution in [2.75, 3.05) is 0 Å². The van der Waals surface area contributed by atoms with E-state index in [0.29, 0.717) is 0 Å². The number of aliphatic carboxylic acids is 1. The minimum absolute atomic E-state index is 0.0592. The van der Waals surface area contributed by atoms with Crippen molar-refractivity contribution >= 4 is 27.8 Å². The van der Waals surface area contributed by atoms with Gasteiger partial charge in [0, 0.05) is 40.1 Å². The maximum Gasteiger partial charge on any atom is 0.304 e. The van der Waals surface area contributed by atoms with Crippen molar-refractivity contribution in [3.05, 3.63) is 72.1 Å². The summed E-state index contributed by atoms with van der Waals surface area (Å²) in [5.74, 6) is -0.995. The fraction of sp³-hybridized carbons (Fsp3) is 0.105. The summed E-state index contributed by atoms with van der Waals surface area (Å²) >= 11 is 0. The lowest BCUT2D eigenvalue weighted by Gasteiger charge is -2.14. The molecule has 0 fully saturated rings. The number of carbonyl (C=O) groups is 1. The number of nitrogens with one attached hydrogen (secondary N) is 2. The molecule has 0 aliphatic rings. The van der Waals surface area contributed by atoms with Crippen LogP contribution in [-0.2, 0) is 4.79 Å². The first-order chi connectivity index (χ1) is 11.2. The third-order valence-corrected chi connectivity index (χ3v) is 4.37. The lowest BCUT2D eigenvalue weighted by atomic mass is 9.88. The van der Waals surface area contributed by atoms with E-state index in [4.69, 9.17) is 0 Å². The van der Waals surface area contributed by atoms with Crippen molar-refractivity contribution in [2.45, 2.75) is 12.3 Å². The zero-order valence-corrected chi connectivity index (χ0v) is 12.4. The van der Waals surface area contributed by atoms with Gasteiger partial charge >= 0.3 is 5.97 Å². The summed E-state index contributed by atoms with van der Waals surface area (Å²) in [6.45, 7) is 0. The summed E-state index contributed by atoms with van der Waals surface area (Å²) in [7, 11) is 0. The number of fused-ring (bicyclic) bond motifs is 2. The summed E-state index contributed by atoms with van der Waals surface area (Å²) in [5, 5.41) is 11.6. The van der Waals surface area contributed by atoms with E-state index in [1.54, 1.807) is 0 Å². The van der Waals surface area contributed by atoms with Gasteiger partial charge in [-0.05, 0) is 23.3 Å². The van der Waals surface area contributed by atoms with E-state index in [2.05, 4.69) is 9.97 Å². The molecule has 114 valence electrons. The van der Waals surface area contributed by atoms with Gasteiger partial charge in [-0.3, -0.25) is 4.79 Å². The number of aromatic amines is 2. The molecule has 0 unspecified atom stereocenters. The van der Waals surface area contributed by atoms with Crippen LogP contribution in [0.25, 0.3) is 21.8 Å². The summed E-state index contributed by atoms with van der Waals surface area (Å²) in [4.78, 5) is 17.9. The van der Waals surface area contributed by atoms with Gasteiger partial charge in [-0.15, -0.1) is 0 Å². The first-order valence-corrected chi connectivity index (χ1v) is 7.58. The fourth-order valence-corrected chi connectivity index (χ4v) is 3.33. The number of hydrogen-bond donors (Lipinski definition) is 3. The standard InChI is InChI=1S/C19H16N2O2/c22-19(23)9-14(15-10-20-17-7-3-1-5-12(15)17)16-11-21-18-8-4-2-6-13(16)18/h1-8,10-11,14,20-21H,9H2,(H,22,23). The van der Waals surface area contributed by atoms with Crippen molar-refractivity contribution in [3.63, 3.8) is 0 Å². The number of carboxylic acid groups (broad SMARTS) is 1. The topological polar surface area (TPSA) is 68.9 Å². The van der Waals surface area contributed by atoms with Gasteiger partial charge in [-0.1, -0.05) is 36.4 Å². The number of rotatable bonds is 4. The Kier molecular flexibility index (Phi) is 3.15. The molecule has 0 atom stereocenters. The predicted molar refractivity (Wildman–Crippen MR) is 90.7 cm³/mol. The highest BCUT2D eigenvalue weighted by Crippen LogP contribution is 2.36. The molecule has 4 nitrogen and oxygen atoms in total. The molecular weight excluding hydrogens is 288 g/mol. The lowest BCUT2D eigenvalue weighted by molar-refractivity contribution is -0.137. The molecule has 4 rings (SSSR count). The molecule has 0 aliphatic carbocycles. The van der Waals surface area contributed by atoms with E-state index in [-0.39, 0.29) is 12.3 Å². The highest BCUT2D eigenvalue weighted by molar-refractivity contribution is 5.89. The summed E-state index contributed by atoms with van der Waals surface area (Å²) < 4.78 is 0. The van der Waals surface area contributed by atoms with Crippen LogP contribution in [-0.4, -0.2) is 21.0 Å². The van der Waals surface area contributed by atoms with Crippen LogP contribution in [0.15, 0.2) is 60.9 Å². The van der Waals surface area contributed by atoms with Gasteiger partial charge in [0.2, 0.25) is 0 Å². The summed E-state index contributed by atoms with van der Waals surface area (Å²) in [6, 6.07) is 16.0. The Morgan fingerprint density at radius 2 is 1.35 bits per heavy atom. The molecule has 0 radical (unpaired) electrons. The third kappa shape index (κ3) is 2.28. The highest BCUT2D eigenvalue weighted by atomic mass is 16.4. The first-order valence-electron chi connectivity index (χ1n) is 7.58. The van der Waals surface area contributed by atoms with Crippen LogP contribution in [0.5, 0.6) is 0 Å². The van der Waals surface area contributed by atoms with E-state index in [1.165, 1.54) is 0 Å². The molecule has 2 heterocycles. The van der Waals surface area contributed by atoms with Crippen molar-refractivity contribution in [1.82, 2.24) is 9.97 Å². The minimum Gasteiger partial charge on any atom is -0.481 e. The average Bonchev–Trinajstić information content (AvgIpc) is 3.17. The average molecular weight is 304 g/mol. The second-order valence-electron chi connectivity index (χ2n) is 5.73. The van der Waals surface area contributed by atoms with Gasteiger partial charge in [-0.2, -0.15) is 0 Å². The summed E-state index contributed by atoms with van der Waals surface area (Å²) in [5.41, 5.74) is 4.09. The molecule has 2 aromatic heterocycles. The number of para-hydroxylation sites is 2. The van der Waals surface area contributed by atoms with Crippen LogP contribution >= 0.6 is 0 Å². The van der Waals surface area contributed by atoms with Crippen LogP contribution in [0.3, 0.4) is 0 Å². The van der Waals surface area contributed by atoms with Crippen LogP contribution in [0.2, 0.25) is 0 Å². The van der Waals surface area contributed by atoms with Crippen molar-refractivity contribution < 1.29 is 9.90 Å². The Morgan fingerprint density at radius 3 is 1.83 bits per heavy atom. The molecule has 0 saturated carbocycles. The Balaban J connectivity index is 1.92. The fourth-order valence-electron chi connectivity index (χ4n) is 3.33. The molecule has 0 aliphatic heterocycles. The van der Waals surface area contributed by atoms with Gasteiger partial charge in [0.15, 0.2) is 0 Å². The second kappa shape index (κ2) is 5.32. The van der Waals surface area contributed by atoms with Gasteiger partial charge in [-0.25, -0.2) is 0 Å². The maximum atomic E-state index is 11.5. The van der Waals surface area contributed by atoms with Crippen molar-refractivity contribution in [2.24, 2.45) is 0 Å². The predicted octanol–water partition coefficient (Wildman–Crippen LogP) is 4.26. The molecular formula is C19H16N2O2.